The lowest BCUT2D eigenvalue weighted by atomic mass is 9.98. The van der Waals surface area contributed by atoms with Crippen molar-refractivity contribution in [1.82, 2.24) is 9.88 Å². The van der Waals surface area contributed by atoms with Gasteiger partial charge in [-0.05, 0) is 54.7 Å². The number of halogens is 2. The number of benzene rings is 2. The number of aromatic nitrogens is 1. The van der Waals surface area contributed by atoms with Gasteiger partial charge in [0.25, 0.3) is 5.91 Å². The first-order chi connectivity index (χ1) is 16.5. The van der Waals surface area contributed by atoms with Crippen molar-refractivity contribution in [3.8, 4) is 11.1 Å². The molecule has 0 bridgehead atoms. The molecule has 2 aromatic carbocycles. The molecule has 0 spiro atoms. The molecular formula is C26H25F2N3O3. The van der Waals surface area contributed by atoms with Crippen LogP contribution in [0, 0.1) is 11.6 Å². The van der Waals surface area contributed by atoms with Gasteiger partial charge in [0.15, 0.2) is 0 Å². The van der Waals surface area contributed by atoms with Crippen molar-refractivity contribution < 1.29 is 23.1 Å². The smallest absolute Gasteiger partial charge is 0.341 e. The van der Waals surface area contributed by atoms with Crippen LogP contribution in [-0.4, -0.2) is 42.0 Å². The van der Waals surface area contributed by atoms with Crippen LogP contribution in [0.25, 0.3) is 11.1 Å². The minimum Gasteiger partial charge on any atom is -0.465 e. The summed E-state index contributed by atoms with van der Waals surface area (Å²) in [4.78, 5) is 30.7. The molecule has 1 aliphatic heterocycles. The summed E-state index contributed by atoms with van der Waals surface area (Å²) in [5.74, 6) is -1.58. The molecule has 3 aromatic rings. The summed E-state index contributed by atoms with van der Waals surface area (Å²) in [5.41, 5.74) is 1.27. The summed E-state index contributed by atoms with van der Waals surface area (Å²) in [6, 6.07) is 12.0. The van der Waals surface area contributed by atoms with Gasteiger partial charge in [-0.15, -0.1) is 0 Å². The van der Waals surface area contributed by atoms with E-state index < -0.39 is 17.6 Å². The van der Waals surface area contributed by atoms with Gasteiger partial charge in [-0.1, -0.05) is 24.3 Å². The van der Waals surface area contributed by atoms with Gasteiger partial charge in [0.05, 0.1) is 12.7 Å². The van der Waals surface area contributed by atoms with E-state index in [9.17, 15) is 18.4 Å². The highest BCUT2D eigenvalue weighted by molar-refractivity contribution is 5.97. The van der Waals surface area contributed by atoms with Gasteiger partial charge >= 0.3 is 5.97 Å². The van der Waals surface area contributed by atoms with Crippen LogP contribution in [0.2, 0.25) is 0 Å². The third kappa shape index (κ3) is 5.06. The van der Waals surface area contributed by atoms with Crippen molar-refractivity contribution in [2.75, 3.05) is 25.5 Å². The highest BCUT2D eigenvalue weighted by atomic mass is 19.1. The highest BCUT2D eigenvalue weighted by Gasteiger charge is 2.20. The number of hydrogen-bond donors (Lipinski definition) is 1. The van der Waals surface area contributed by atoms with Gasteiger partial charge in [0.2, 0.25) is 0 Å². The van der Waals surface area contributed by atoms with Crippen molar-refractivity contribution >= 4 is 17.7 Å². The lowest BCUT2D eigenvalue weighted by Crippen LogP contribution is -2.35. The third-order valence-electron chi connectivity index (χ3n) is 5.88. The van der Waals surface area contributed by atoms with Crippen LogP contribution < -0.4 is 5.32 Å². The van der Waals surface area contributed by atoms with E-state index in [2.05, 4.69) is 15.0 Å². The molecular weight excluding hydrogens is 440 g/mol. The van der Waals surface area contributed by atoms with E-state index in [0.29, 0.717) is 22.5 Å². The Bertz CT molecular complexity index is 1190. The molecule has 1 N–H and O–H groups in total. The average molecular weight is 466 g/mol. The highest BCUT2D eigenvalue weighted by Crippen LogP contribution is 2.28. The number of carbonyl (C=O) groups is 2. The van der Waals surface area contributed by atoms with Crippen LogP contribution in [0.1, 0.15) is 45.5 Å². The number of amides is 1. The zero-order chi connectivity index (χ0) is 24.1. The van der Waals surface area contributed by atoms with Crippen molar-refractivity contribution in [2.45, 2.75) is 25.8 Å². The molecule has 0 unspecified atom stereocenters. The molecule has 0 aliphatic carbocycles. The van der Waals surface area contributed by atoms with Crippen LogP contribution >= 0.6 is 0 Å². The number of pyridine rings is 1. The van der Waals surface area contributed by atoms with Crippen molar-refractivity contribution in [3.05, 3.63) is 83.1 Å². The molecule has 0 saturated carbocycles. The Labute approximate surface area is 196 Å². The minimum atomic E-state index is -0.826. The van der Waals surface area contributed by atoms with E-state index in [1.807, 2.05) is 4.90 Å². The number of likely N-dealkylation sites (tertiary alicyclic amines) is 1. The number of piperidine rings is 1. The normalized spacial score (nSPS) is 13.4. The Balaban J connectivity index is 1.45. The number of hydrogen-bond acceptors (Lipinski definition) is 5. The number of nitrogens with one attached hydrogen (secondary N) is 1. The minimum absolute atomic E-state index is 0.0240. The maximum Gasteiger partial charge on any atom is 0.341 e. The molecule has 1 fully saturated rings. The van der Waals surface area contributed by atoms with Crippen molar-refractivity contribution in [2.24, 2.45) is 0 Å². The fourth-order valence-corrected chi connectivity index (χ4v) is 4.02. The molecule has 1 aromatic heterocycles. The SMILES string of the molecule is COC(=O)c1c(F)cccc1-c1ccc(CNc2ccc(C(=O)N3CCCCC3)cn2)c(F)c1. The van der Waals surface area contributed by atoms with Crippen LogP contribution in [0.3, 0.4) is 0 Å². The van der Waals surface area contributed by atoms with Crippen molar-refractivity contribution in [3.63, 3.8) is 0 Å². The predicted octanol–water partition coefficient (Wildman–Crippen LogP) is 5.05. The Morgan fingerprint density at radius 2 is 1.82 bits per heavy atom. The zero-order valence-corrected chi connectivity index (χ0v) is 18.8. The summed E-state index contributed by atoms with van der Waals surface area (Å²) in [6.45, 7) is 1.70. The van der Waals surface area contributed by atoms with Crippen LogP contribution in [0.4, 0.5) is 14.6 Å². The number of nitrogens with zero attached hydrogens (tertiary/aromatic N) is 2. The fourth-order valence-electron chi connectivity index (χ4n) is 4.02. The molecule has 1 aliphatic rings. The van der Waals surface area contributed by atoms with Gasteiger partial charge in [0, 0.05) is 31.4 Å². The summed E-state index contributed by atoms with van der Waals surface area (Å²) < 4.78 is 33.7. The van der Waals surface area contributed by atoms with Crippen LogP contribution in [0.15, 0.2) is 54.7 Å². The standard InChI is InChI=1S/C26H25F2N3O3/c1-34-26(33)24-20(6-5-7-21(24)27)17-8-9-18(22(28)14-17)15-29-23-11-10-19(16-30-23)25(32)31-12-3-2-4-13-31/h5-11,14,16H,2-4,12-13,15H2,1H3,(H,29,30). The molecule has 176 valence electrons. The Hall–Kier alpha value is -3.81. The molecule has 4 rings (SSSR count). The zero-order valence-electron chi connectivity index (χ0n) is 18.8. The summed E-state index contributed by atoms with van der Waals surface area (Å²) in [6.07, 6.45) is 4.72. The number of rotatable bonds is 6. The van der Waals surface area contributed by atoms with E-state index in [1.165, 1.54) is 18.3 Å². The monoisotopic (exact) mass is 465 g/mol. The second kappa shape index (κ2) is 10.4. The van der Waals surface area contributed by atoms with Crippen molar-refractivity contribution in [1.29, 1.82) is 0 Å². The topological polar surface area (TPSA) is 71.5 Å². The lowest BCUT2D eigenvalue weighted by molar-refractivity contribution is 0.0596. The molecule has 34 heavy (non-hydrogen) atoms. The van der Waals surface area contributed by atoms with E-state index in [4.69, 9.17) is 0 Å². The quantitative estimate of drug-likeness (QED) is 0.516. The molecule has 0 atom stereocenters. The lowest BCUT2D eigenvalue weighted by Gasteiger charge is -2.26. The molecule has 6 nitrogen and oxygen atoms in total. The maximum absolute atomic E-state index is 14.8. The number of ether oxygens (including phenoxy) is 1. The molecule has 8 heteroatoms. The van der Waals surface area contributed by atoms with Gasteiger partial charge in [-0.2, -0.15) is 0 Å². The number of esters is 1. The van der Waals surface area contributed by atoms with Crippen LogP contribution in [0.5, 0.6) is 0 Å². The van der Waals surface area contributed by atoms with Gasteiger partial charge in [-0.25, -0.2) is 18.6 Å². The van der Waals surface area contributed by atoms with E-state index >= 15 is 0 Å². The predicted molar refractivity (Wildman–Crippen MR) is 124 cm³/mol. The van der Waals surface area contributed by atoms with E-state index in [0.717, 1.165) is 45.5 Å². The van der Waals surface area contributed by atoms with E-state index in [-0.39, 0.29) is 23.6 Å². The first-order valence-electron chi connectivity index (χ1n) is 11.1. The van der Waals surface area contributed by atoms with Gasteiger partial charge < -0.3 is 15.0 Å². The first-order valence-corrected chi connectivity index (χ1v) is 11.1. The Morgan fingerprint density at radius 3 is 2.50 bits per heavy atom. The largest absolute Gasteiger partial charge is 0.465 e. The Kier molecular flexibility index (Phi) is 7.15. The van der Waals surface area contributed by atoms with Gasteiger partial charge in [0.1, 0.15) is 23.0 Å². The maximum atomic E-state index is 14.8. The fraction of sp³-hybridized carbons (Fsp3) is 0.269. The molecule has 1 amide bonds. The molecule has 0 radical (unpaired) electrons. The molecule has 2 heterocycles. The molecule has 1 saturated heterocycles. The average Bonchev–Trinajstić information content (AvgIpc) is 2.87. The summed E-state index contributed by atoms with van der Waals surface area (Å²) in [5, 5.41) is 3.04. The Morgan fingerprint density at radius 1 is 1.03 bits per heavy atom. The number of anilines is 1. The van der Waals surface area contributed by atoms with E-state index in [1.54, 1.807) is 30.3 Å². The van der Waals surface area contributed by atoms with Crippen LogP contribution in [-0.2, 0) is 11.3 Å². The second-order valence-corrected chi connectivity index (χ2v) is 8.10. The first kappa shape index (κ1) is 23.4. The third-order valence-corrected chi connectivity index (χ3v) is 5.88. The summed E-state index contributed by atoms with van der Waals surface area (Å²) >= 11 is 0. The second-order valence-electron chi connectivity index (χ2n) is 8.10. The van der Waals surface area contributed by atoms with Gasteiger partial charge in [-0.3, -0.25) is 4.79 Å². The number of methoxy groups -OCH3 is 1. The summed E-state index contributed by atoms with van der Waals surface area (Å²) in [7, 11) is 1.16. The number of carbonyl (C=O) groups excluding carboxylic acids is 2.